The summed E-state index contributed by atoms with van der Waals surface area (Å²) < 4.78 is 47.9. The lowest BCUT2D eigenvalue weighted by molar-refractivity contribution is -0.143. The van der Waals surface area contributed by atoms with Gasteiger partial charge in [0.1, 0.15) is 17.9 Å². The van der Waals surface area contributed by atoms with E-state index in [2.05, 4.69) is 22.2 Å². The Kier molecular flexibility index (Phi) is 8.96. The number of alkyl halides is 3. The Morgan fingerprint density at radius 1 is 1.07 bits per heavy atom. The number of nitrogens with zero attached hydrogens (tertiary/aromatic N) is 4. The zero-order valence-corrected chi connectivity index (χ0v) is 24.8. The van der Waals surface area contributed by atoms with Crippen LogP contribution in [0, 0.1) is 5.92 Å². The van der Waals surface area contributed by atoms with E-state index in [4.69, 9.17) is 16.3 Å². The molecule has 1 saturated heterocycles. The van der Waals surface area contributed by atoms with Crippen molar-refractivity contribution in [2.75, 3.05) is 13.1 Å². The van der Waals surface area contributed by atoms with Crippen molar-refractivity contribution in [2.45, 2.75) is 45.4 Å². The molecule has 0 aliphatic carbocycles. The number of piperidine rings is 1. The second-order valence-electron chi connectivity index (χ2n) is 10.9. The number of carboxylic acids is 1. The van der Waals surface area contributed by atoms with Gasteiger partial charge in [0.05, 0.1) is 11.9 Å². The highest BCUT2D eigenvalue weighted by Gasteiger charge is 2.41. The van der Waals surface area contributed by atoms with Gasteiger partial charge in [-0.1, -0.05) is 55.8 Å². The van der Waals surface area contributed by atoms with Crippen molar-refractivity contribution in [1.29, 1.82) is 0 Å². The van der Waals surface area contributed by atoms with Gasteiger partial charge in [0.2, 0.25) is 5.91 Å². The molecule has 8 nitrogen and oxygen atoms in total. The molecular formula is C32H30ClF3N4O4. The van der Waals surface area contributed by atoms with Crippen LogP contribution in [0.4, 0.5) is 13.2 Å². The van der Waals surface area contributed by atoms with Gasteiger partial charge >= 0.3 is 12.1 Å². The number of hydrogen-bond acceptors (Lipinski definition) is 5. The molecular weight excluding hydrogens is 597 g/mol. The van der Waals surface area contributed by atoms with E-state index in [1.165, 1.54) is 17.7 Å². The topological polar surface area (TPSA) is 97.6 Å². The summed E-state index contributed by atoms with van der Waals surface area (Å²) in [6.45, 7) is 5.56. The Balaban J connectivity index is 1.33. The lowest BCUT2D eigenvalue weighted by Gasteiger charge is -2.33. The fraction of sp³-hybridized carbons (Fsp3) is 0.312. The molecule has 1 aliphatic heterocycles. The molecule has 4 aromatic rings. The number of carboxylic acid groups (broad SMARTS) is 1. The SMILES string of the molecule is CC(C)C(=O)N1CCC(c2ccc(COc3ccc(Cl)cc3-c3cccc(-n4ncc(C(=O)O)c4C(F)(F)F)n3)cc2)CC1. The first kappa shape index (κ1) is 31.1. The number of carbonyl (C=O) groups excluding carboxylic acids is 1. The van der Waals surface area contributed by atoms with E-state index in [9.17, 15) is 27.9 Å². The number of amides is 1. The highest BCUT2D eigenvalue weighted by Crippen LogP contribution is 2.36. The van der Waals surface area contributed by atoms with Crippen LogP contribution in [0.15, 0.2) is 66.9 Å². The minimum Gasteiger partial charge on any atom is -0.488 e. The first-order valence-corrected chi connectivity index (χ1v) is 14.5. The number of benzene rings is 2. The Morgan fingerprint density at radius 3 is 2.41 bits per heavy atom. The molecule has 44 heavy (non-hydrogen) atoms. The van der Waals surface area contributed by atoms with E-state index >= 15 is 0 Å². The molecule has 0 bridgehead atoms. The van der Waals surface area contributed by atoms with E-state index in [0.717, 1.165) is 31.5 Å². The monoisotopic (exact) mass is 626 g/mol. The van der Waals surface area contributed by atoms with Crippen LogP contribution in [0.2, 0.25) is 5.02 Å². The van der Waals surface area contributed by atoms with Crippen molar-refractivity contribution in [2.24, 2.45) is 5.92 Å². The normalized spacial score (nSPS) is 14.2. The van der Waals surface area contributed by atoms with Gasteiger partial charge in [-0.25, -0.2) is 14.5 Å². The largest absolute Gasteiger partial charge is 0.488 e. The van der Waals surface area contributed by atoms with Gasteiger partial charge < -0.3 is 14.7 Å². The first-order valence-electron chi connectivity index (χ1n) is 14.1. The molecule has 0 unspecified atom stereocenters. The summed E-state index contributed by atoms with van der Waals surface area (Å²) in [5, 5.41) is 13.3. The first-order chi connectivity index (χ1) is 20.9. The number of halogens is 4. The van der Waals surface area contributed by atoms with Crippen LogP contribution in [0.25, 0.3) is 17.1 Å². The van der Waals surface area contributed by atoms with Crippen molar-refractivity contribution < 1.29 is 32.6 Å². The van der Waals surface area contributed by atoms with Gasteiger partial charge in [-0.15, -0.1) is 0 Å². The molecule has 2 aromatic heterocycles. The standard InChI is InChI=1S/C32H30ClF3N4O4/c1-19(2)30(41)39-14-12-22(13-15-39)21-8-6-20(7-9-21)18-44-27-11-10-23(33)16-24(27)26-4-3-5-28(38-26)40-29(32(34,35)36)25(17-37-40)31(42)43/h3-11,16-17,19,22H,12-15,18H2,1-2H3,(H,42,43). The Bertz CT molecular complexity index is 1660. The third-order valence-corrected chi connectivity index (χ3v) is 7.82. The third kappa shape index (κ3) is 6.72. The molecule has 1 aliphatic rings. The predicted molar refractivity (Wildman–Crippen MR) is 158 cm³/mol. The third-order valence-electron chi connectivity index (χ3n) is 7.58. The van der Waals surface area contributed by atoms with Gasteiger partial charge in [0.15, 0.2) is 11.5 Å². The maximum atomic E-state index is 13.8. The number of hydrogen-bond donors (Lipinski definition) is 1. The maximum Gasteiger partial charge on any atom is 0.434 e. The van der Waals surface area contributed by atoms with Crippen LogP contribution in [0.1, 0.15) is 59.8 Å². The average Bonchev–Trinajstić information content (AvgIpc) is 3.47. The number of aromatic nitrogens is 3. The van der Waals surface area contributed by atoms with E-state index < -0.39 is 23.4 Å². The summed E-state index contributed by atoms with van der Waals surface area (Å²) in [5.74, 6) is -0.990. The van der Waals surface area contributed by atoms with Crippen LogP contribution in [0.5, 0.6) is 5.75 Å². The molecule has 1 amide bonds. The Morgan fingerprint density at radius 2 is 1.77 bits per heavy atom. The molecule has 12 heteroatoms. The molecule has 230 valence electrons. The maximum absolute atomic E-state index is 13.8. The average molecular weight is 627 g/mol. The number of carbonyl (C=O) groups is 2. The van der Waals surface area contributed by atoms with Crippen molar-refractivity contribution >= 4 is 23.5 Å². The fourth-order valence-corrected chi connectivity index (χ4v) is 5.49. The molecule has 0 saturated carbocycles. The highest BCUT2D eigenvalue weighted by molar-refractivity contribution is 6.31. The quantitative estimate of drug-likeness (QED) is 0.221. The van der Waals surface area contributed by atoms with Gasteiger partial charge in [-0.2, -0.15) is 18.3 Å². The van der Waals surface area contributed by atoms with Crippen molar-refractivity contribution in [1.82, 2.24) is 19.7 Å². The molecule has 2 aromatic carbocycles. The molecule has 5 rings (SSSR count). The predicted octanol–water partition coefficient (Wildman–Crippen LogP) is 7.25. The zero-order chi connectivity index (χ0) is 31.6. The summed E-state index contributed by atoms with van der Waals surface area (Å²) >= 11 is 6.26. The molecule has 0 radical (unpaired) electrons. The van der Waals surface area contributed by atoms with E-state index in [1.54, 1.807) is 24.3 Å². The minimum absolute atomic E-state index is 0.00243. The van der Waals surface area contributed by atoms with Crippen LogP contribution >= 0.6 is 11.6 Å². The second-order valence-corrected chi connectivity index (χ2v) is 11.4. The molecule has 0 atom stereocenters. The number of ether oxygens (including phenoxy) is 1. The number of pyridine rings is 1. The van der Waals surface area contributed by atoms with Crippen molar-refractivity contribution in [3.05, 3.63) is 94.3 Å². The van der Waals surface area contributed by atoms with Crippen LogP contribution < -0.4 is 4.74 Å². The van der Waals surface area contributed by atoms with Crippen LogP contribution in [0.3, 0.4) is 0 Å². The highest BCUT2D eigenvalue weighted by atomic mass is 35.5. The fourth-order valence-electron chi connectivity index (χ4n) is 5.32. The summed E-state index contributed by atoms with van der Waals surface area (Å²) in [7, 11) is 0. The van der Waals surface area contributed by atoms with Gasteiger partial charge in [0.25, 0.3) is 0 Å². The van der Waals surface area contributed by atoms with Crippen LogP contribution in [-0.4, -0.2) is 49.7 Å². The number of rotatable bonds is 8. The lowest BCUT2D eigenvalue weighted by atomic mass is 9.88. The Labute approximate surface area is 257 Å². The molecule has 0 spiro atoms. The summed E-state index contributed by atoms with van der Waals surface area (Å²) in [4.78, 5) is 30.0. The molecule has 3 heterocycles. The smallest absolute Gasteiger partial charge is 0.434 e. The Hall–Kier alpha value is -4.38. The minimum atomic E-state index is -4.98. The van der Waals surface area contributed by atoms with Gasteiger partial charge in [-0.3, -0.25) is 4.79 Å². The number of likely N-dealkylation sites (tertiary alicyclic amines) is 1. The van der Waals surface area contributed by atoms with E-state index in [-0.39, 0.29) is 29.9 Å². The van der Waals surface area contributed by atoms with E-state index in [0.29, 0.717) is 33.1 Å². The summed E-state index contributed by atoms with van der Waals surface area (Å²) in [5.41, 5.74) is 0.415. The number of aromatic carboxylic acids is 1. The van der Waals surface area contributed by atoms with Crippen molar-refractivity contribution in [3.63, 3.8) is 0 Å². The van der Waals surface area contributed by atoms with Crippen molar-refractivity contribution in [3.8, 4) is 22.8 Å². The molecule has 1 fully saturated rings. The molecule has 1 N–H and O–H groups in total. The van der Waals surface area contributed by atoms with Gasteiger partial charge in [0, 0.05) is 29.6 Å². The lowest BCUT2D eigenvalue weighted by Crippen LogP contribution is -2.40. The summed E-state index contributed by atoms with van der Waals surface area (Å²) in [6, 6.07) is 17.4. The van der Waals surface area contributed by atoms with E-state index in [1.807, 2.05) is 30.9 Å². The van der Waals surface area contributed by atoms with Crippen LogP contribution in [-0.2, 0) is 17.6 Å². The van der Waals surface area contributed by atoms with Gasteiger partial charge in [-0.05, 0) is 60.2 Å². The second kappa shape index (κ2) is 12.7. The summed E-state index contributed by atoms with van der Waals surface area (Å²) in [6.07, 6.45) is -2.51. The zero-order valence-electron chi connectivity index (χ0n) is 24.0.